The summed E-state index contributed by atoms with van der Waals surface area (Å²) >= 11 is 3.45. The van der Waals surface area contributed by atoms with E-state index in [2.05, 4.69) is 31.0 Å². The lowest BCUT2D eigenvalue weighted by Gasteiger charge is -2.39. The number of piperazine rings is 1. The van der Waals surface area contributed by atoms with Crippen molar-refractivity contribution in [3.8, 4) is 11.4 Å². The topological polar surface area (TPSA) is 65.7 Å². The highest BCUT2D eigenvalue weighted by atomic mass is 79.9. The van der Waals surface area contributed by atoms with Crippen molar-refractivity contribution in [3.05, 3.63) is 64.5 Å². The molecule has 0 bridgehead atoms. The Hall–Kier alpha value is -2.92. The number of halogens is 4. The molecule has 0 N–H and O–H groups in total. The molecule has 2 aliphatic rings. The van der Waals surface area contributed by atoms with Gasteiger partial charge in [0.15, 0.2) is 0 Å². The van der Waals surface area contributed by atoms with Crippen LogP contribution in [0.3, 0.4) is 0 Å². The molecule has 5 rings (SSSR count). The first-order chi connectivity index (χ1) is 17.8. The molecule has 2 aromatic carbocycles. The lowest BCUT2D eigenvalue weighted by molar-refractivity contribution is -0.138. The number of likely N-dealkylation sites (tertiary alicyclic amines) is 1. The van der Waals surface area contributed by atoms with Crippen molar-refractivity contribution in [1.29, 1.82) is 0 Å². The lowest BCUT2D eigenvalue weighted by Crippen LogP contribution is -2.52. The minimum absolute atomic E-state index is 0.105. The molecule has 2 fully saturated rings. The zero-order valence-electron chi connectivity index (χ0n) is 20.1. The van der Waals surface area contributed by atoms with Gasteiger partial charge in [-0.1, -0.05) is 39.3 Å². The summed E-state index contributed by atoms with van der Waals surface area (Å²) in [6.07, 6.45) is -2.66. The highest BCUT2D eigenvalue weighted by molar-refractivity contribution is 9.10. The minimum atomic E-state index is -4.37. The zero-order chi connectivity index (χ0) is 26.0. The van der Waals surface area contributed by atoms with Gasteiger partial charge in [-0.15, -0.1) is 0 Å². The number of piperidine rings is 1. The highest BCUT2D eigenvalue weighted by Gasteiger charge is 2.33. The fraction of sp³-hybridized carbons (Fsp3) is 0.423. The van der Waals surface area contributed by atoms with Gasteiger partial charge in [-0.2, -0.15) is 18.2 Å². The Morgan fingerprint density at radius 1 is 1.05 bits per heavy atom. The van der Waals surface area contributed by atoms with E-state index in [1.54, 1.807) is 6.07 Å². The Morgan fingerprint density at radius 2 is 1.84 bits per heavy atom. The molecule has 37 heavy (non-hydrogen) atoms. The Labute approximate surface area is 221 Å². The van der Waals surface area contributed by atoms with Gasteiger partial charge in [0, 0.05) is 48.4 Å². The molecule has 3 heterocycles. The number of carbonyl (C=O) groups is 1. The SMILES string of the molecule is O=C(C1CCCN(Cc2nc(-c3cccc(Br)c3)no2)C1)N1CCN(c2cccc(C(F)(F)F)c2)CC1. The molecule has 0 aliphatic carbocycles. The normalized spacial score (nSPS) is 19.3. The van der Waals surface area contributed by atoms with Crippen LogP contribution < -0.4 is 4.90 Å². The first-order valence-corrected chi connectivity index (χ1v) is 13.1. The molecule has 1 atom stereocenters. The van der Waals surface area contributed by atoms with Gasteiger partial charge < -0.3 is 14.3 Å². The van der Waals surface area contributed by atoms with Crippen LogP contribution in [-0.2, 0) is 17.5 Å². The molecule has 1 aromatic heterocycles. The number of anilines is 1. The first-order valence-electron chi connectivity index (χ1n) is 12.3. The molecular formula is C26H27BrF3N5O2. The third-order valence-corrected chi connectivity index (χ3v) is 7.39. The molecule has 2 aliphatic heterocycles. The summed E-state index contributed by atoms with van der Waals surface area (Å²) in [5.41, 5.74) is 0.740. The van der Waals surface area contributed by atoms with E-state index < -0.39 is 11.7 Å². The minimum Gasteiger partial charge on any atom is -0.368 e. The second-order valence-electron chi connectivity index (χ2n) is 9.46. The molecule has 0 radical (unpaired) electrons. The molecule has 1 amide bonds. The van der Waals surface area contributed by atoms with Crippen molar-refractivity contribution in [2.45, 2.75) is 25.6 Å². The summed E-state index contributed by atoms with van der Waals surface area (Å²) in [4.78, 5) is 23.7. The number of amides is 1. The van der Waals surface area contributed by atoms with Gasteiger partial charge in [0.1, 0.15) is 0 Å². The van der Waals surface area contributed by atoms with Crippen LogP contribution in [0.15, 0.2) is 57.5 Å². The fourth-order valence-electron chi connectivity index (χ4n) is 4.98. The van der Waals surface area contributed by atoms with Crippen molar-refractivity contribution in [2.24, 2.45) is 5.92 Å². The maximum absolute atomic E-state index is 13.3. The van der Waals surface area contributed by atoms with Gasteiger partial charge in [0.2, 0.25) is 17.6 Å². The molecule has 0 spiro atoms. The molecule has 11 heteroatoms. The smallest absolute Gasteiger partial charge is 0.368 e. The van der Waals surface area contributed by atoms with Crippen LogP contribution in [0.5, 0.6) is 0 Å². The van der Waals surface area contributed by atoms with Gasteiger partial charge in [0.25, 0.3) is 0 Å². The monoisotopic (exact) mass is 577 g/mol. The van der Waals surface area contributed by atoms with Gasteiger partial charge in [0.05, 0.1) is 18.0 Å². The van der Waals surface area contributed by atoms with Gasteiger partial charge >= 0.3 is 6.18 Å². The number of alkyl halides is 3. The van der Waals surface area contributed by atoms with E-state index in [1.807, 2.05) is 34.1 Å². The number of rotatable bonds is 5. The second-order valence-corrected chi connectivity index (χ2v) is 10.4. The average molecular weight is 578 g/mol. The molecule has 0 saturated carbocycles. The van der Waals surface area contributed by atoms with Crippen molar-refractivity contribution >= 4 is 27.5 Å². The van der Waals surface area contributed by atoms with E-state index in [0.29, 0.717) is 56.7 Å². The van der Waals surface area contributed by atoms with Crippen LogP contribution >= 0.6 is 15.9 Å². The Kier molecular flexibility index (Phi) is 7.52. The summed E-state index contributed by atoms with van der Waals surface area (Å²) in [6.45, 7) is 3.93. The predicted octanol–water partition coefficient (Wildman–Crippen LogP) is 5.08. The summed E-state index contributed by atoms with van der Waals surface area (Å²) in [5.74, 6) is 1.02. The van der Waals surface area contributed by atoms with Crippen molar-refractivity contribution in [3.63, 3.8) is 0 Å². The fourth-order valence-corrected chi connectivity index (χ4v) is 5.38. The lowest BCUT2D eigenvalue weighted by atomic mass is 9.96. The number of hydrogen-bond acceptors (Lipinski definition) is 6. The van der Waals surface area contributed by atoms with Gasteiger partial charge in [-0.3, -0.25) is 9.69 Å². The molecular weight excluding hydrogens is 551 g/mol. The number of nitrogens with zero attached hydrogens (tertiary/aromatic N) is 5. The van der Waals surface area contributed by atoms with Gasteiger partial charge in [-0.05, 0) is 49.7 Å². The van der Waals surface area contributed by atoms with E-state index >= 15 is 0 Å². The summed E-state index contributed by atoms with van der Waals surface area (Å²) in [6, 6.07) is 13.1. The standard InChI is InChI=1S/C26H27BrF3N5O2/c27-21-7-1-4-18(14-21)24-31-23(37-32-24)17-33-9-3-5-19(16-33)25(36)35-12-10-34(11-13-35)22-8-2-6-20(15-22)26(28,29)30/h1-2,4,6-8,14-15,19H,3,5,9-13,16-17H2. The summed E-state index contributed by atoms with van der Waals surface area (Å²) < 4.78 is 45.6. The third-order valence-electron chi connectivity index (χ3n) is 6.89. The van der Waals surface area contributed by atoms with Crippen LogP contribution in [0.1, 0.15) is 24.3 Å². The van der Waals surface area contributed by atoms with E-state index in [-0.39, 0.29) is 11.8 Å². The highest BCUT2D eigenvalue weighted by Crippen LogP contribution is 2.32. The molecule has 196 valence electrons. The second kappa shape index (κ2) is 10.8. The van der Waals surface area contributed by atoms with Crippen molar-refractivity contribution in [1.82, 2.24) is 19.9 Å². The quantitative estimate of drug-likeness (QED) is 0.421. The first kappa shape index (κ1) is 25.7. The average Bonchev–Trinajstić information content (AvgIpc) is 3.37. The van der Waals surface area contributed by atoms with Crippen LogP contribution in [0, 0.1) is 5.92 Å². The Morgan fingerprint density at radius 3 is 2.59 bits per heavy atom. The molecule has 7 nitrogen and oxygen atoms in total. The van der Waals surface area contributed by atoms with E-state index in [4.69, 9.17) is 4.52 Å². The van der Waals surface area contributed by atoms with Crippen LogP contribution in [0.25, 0.3) is 11.4 Å². The van der Waals surface area contributed by atoms with E-state index in [9.17, 15) is 18.0 Å². The third kappa shape index (κ3) is 6.15. The molecule has 1 unspecified atom stereocenters. The van der Waals surface area contributed by atoms with Crippen LogP contribution in [-0.4, -0.2) is 65.1 Å². The Balaban J connectivity index is 1.15. The zero-order valence-corrected chi connectivity index (χ0v) is 21.7. The Bertz CT molecular complexity index is 1240. The maximum Gasteiger partial charge on any atom is 0.416 e. The number of benzene rings is 2. The van der Waals surface area contributed by atoms with Crippen molar-refractivity contribution in [2.75, 3.05) is 44.2 Å². The summed E-state index contributed by atoms with van der Waals surface area (Å²) in [5, 5.41) is 4.10. The predicted molar refractivity (Wildman–Crippen MR) is 136 cm³/mol. The van der Waals surface area contributed by atoms with Gasteiger partial charge in [-0.25, -0.2) is 0 Å². The van der Waals surface area contributed by atoms with Crippen LogP contribution in [0.2, 0.25) is 0 Å². The maximum atomic E-state index is 13.3. The van der Waals surface area contributed by atoms with Crippen molar-refractivity contribution < 1.29 is 22.5 Å². The molecule has 3 aromatic rings. The number of hydrogen-bond donors (Lipinski definition) is 0. The van der Waals surface area contributed by atoms with Crippen LogP contribution in [0.4, 0.5) is 18.9 Å². The largest absolute Gasteiger partial charge is 0.416 e. The van der Waals surface area contributed by atoms with E-state index in [0.717, 1.165) is 35.5 Å². The molecule has 2 saturated heterocycles. The van der Waals surface area contributed by atoms with E-state index in [1.165, 1.54) is 12.1 Å². The number of carbonyl (C=O) groups excluding carboxylic acids is 1. The number of aromatic nitrogens is 2. The summed E-state index contributed by atoms with van der Waals surface area (Å²) in [7, 11) is 0.